The fourth-order valence-electron chi connectivity index (χ4n) is 3.40. The summed E-state index contributed by atoms with van der Waals surface area (Å²) in [5.41, 5.74) is 1.48. The van der Waals surface area contributed by atoms with E-state index in [2.05, 4.69) is 34.4 Å². The van der Waals surface area contributed by atoms with Crippen molar-refractivity contribution >= 4 is 5.91 Å². The van der Waals surface area contributed by atoms with E-state index in [0.717, 1.165) is 38.3 Å². The number of carbonyl (C=O) groups excluding carboxylic acids is 1. The summed E-state index contributed by atoms with van der Waals surface area (Å²) in [6, 6.07) is 10.3. The summed E-state index contributed by atoms with van der Waals surface area (Å²) in [5, 5.41) is 11.1. The normalized spacial score (nSPS) is 16.4. The highest BCUT2D eigenvalue weighted by molar-refractivity contribution is 5.91. The van der Waals surface area contributed by atoms with Gasteiger partial charge in [-0.05, 0) is 17.9 Å². The van der Waals surface area contributed by atoms with E-state index in [0.29, 0.717) is 30.7 Å². The van der Waals surface area contributed by atoms with Crippen LogP contribution in [0.5, 0.6) is 0 Å². The van der Waals surface area contributed by atoms with Crippen molar-refractivity contribution in [3.63, 3.8) is 0 Å². The molecule has 1 aromatic heterocycles. The Bertz CT molecular complexity index is 710. The number of ether oxygens (including phenoxy) is 1. The molecule has 3 rings (SSSR count). The van der Waals surface area contributed by atoms with Crippen LogP contribution in [0.2, 0.25) is 0 Å². The van der Waals surface area contributed by atoms with Crippen LogP contribution in [0.3, 0.4) is 0 Å². The second-order valence-electron chi connectivity index (χ2n) is 7.43. The maximum Gasteiger partial charge on any atom is 0.273 e. The van der Waals surface area contributed by atoms with Crippen molar-refractivity contribution in [2.75, 3.05) is 32.8 Å². The zero-order chi connectivity index (χ0) is 19.1. The Morgan fingerprint density at radius 2 is 1.96 bits per heavy atom. The van der Waals surface area contributed by atoms with E-state index >= 15 is 0 Å². The highest BCUT2D eigenvalue weighted by Gasteiger charge is 2.23. The van der Waals surface area contributed by atoms with E-state index < -0.39 is 0 Å². The van der Waals surface area contributed by atoms with Gasteiger partial charge < -0.3 is 10.1 Å². The third-order valence-electron chi connectivity index (χ3n) is 4.76. The maximum atomic E-state index is 12.5. The van der Waals surface area contributed by atoms with Crippen LogP contribution in [0.25, 0.3) is 0 Å². The zero-order valence-corrected chi connectivity index (χ0v) is 16.2. The van der Waals surface area contributed by atoms with Gasteiger partial charge in [0.05, 0.1) is 26.0 Å². The summed E-state index contributed by atoms with van der Waals surface area (Å²) in [4.78, 5) is 14.9. The second-order valence-corrected chi connectivity index (χ2v) is 7.43. The number of amides is 1. The lowest BCUT2D eigenvalue weighted by Crippen LogP contribution is -2.49. The van der Waals surface area contributed by atoms with Gasteiger partial charge in [-0.1, -0.05) is 49.4 Å². The summed E-state index contributed by atoms with van der Waals surface area (Å²) in [6.07, 6.45) is 2.75. The maximum absolute atomic E-state index is 12.5. The van der Waals surface area contributed by atoms with Gasteiger partial charge in [0.15, 0.2) is 5.69 Å². The molecule has 2 heterocycles. The molecule has 146 valence electrons. The molecular weight excluding hydrogens is 342 g/mol. The molecule has 0 radical (unpaired) electrons. The molecule has 1 atom stereocenters. The number of rotatable bonds is 8. The monoisotopic (exact) mass is 371 g/mol. The van der Waals surface area contributed by atoms with E-state index in [-0.39, 0.29) is 5.91 Å². The first kappa shape index (κ1) is 19.5. The summed E-state index contributed by atoms with van der Waals surface area (Å²) < 4.78 is 7.14. The summed E-state index contributed by atoms with van der Waals surface area (Å²) in [7, 11) is 0. The molecule has 2 aromatic rings. The summed E-state index contributed by atoms with van der Waals surface area (Å²) in [6.45, 7) is 9.00. The van der Waals surface area contributed by atoms with Crippen LogP contribution in [0.4, 0.5) is 0 Å². The average Bonchev–Trinajstić information content (AvgIpc) is 3.14. The molecule has 0 spiro atoms. The van der Waals surface area contributed by atoms with Gasteiger partial charge in [0.1, 0.15) is 0 Å². The van der Waals surface area contributed by atoms with Crippen LogP contribution >= 0.6 is 0 Å². The Labute approximate surface area is 160 Å². The molecule has 1 amide bonds. The molecule has 7 heteroatoms. The van der Waals surface area contributed by atoms with Crippen LogP contribution < -0.4 is 5.32 Å². The van der Waals surface area contributed by atoms with Crippen molar-refractivity contribution in [3.8, 4) is 0 Å². The Morgan fingerprint density at radius 3 is 2.67 bits per heavy atom. The van der Waals surface area contributed by atoms with Gasteiger partial charge in [0.2, 0.25) is 0 Å². The molecule has 1 aromatic carbocycles. The number of morpholine rings is 1. The molecule has 0 saturated carbocycles. The molecule has 0 aliphatic carbocycles. The summed E-state index contributed by atoms with van der Waals surface area (Å²) in [5.74, 6) is 0.401. The third-order valence-corrected chi connectivity index (χ3v) is 4.76. The summed E-state index contributed by atoms with van der Waals surface area (Å²) >= 11 is 0. The molecule has 1 aliphatic rings. The van der Waals surface area contributed by atoms with Crippen molar-refractivity contribution < 1.29 is 9.53 Å². The largest absolute Gasteiger partial charge is 0.379 e. The Kier molecular flexibility index (Phi) is 6.95. The zero-order valence-electron chi connectivity index (χ0n) is 16.2. The van der Waals surface area contributed by atoms with Crippen molar-refractivity contribution in [2.24, 2.45) is 5.92 Å². The van der Waals surface area contributed by atoms with Crippen molar-refractivity contribution in [1.82, 2.24) is 25.2 Å². The quantitative estimate of drug-likeness (QED) is 0.766. The van der Waals surface area contributed by atoms with E-state index in [9.17, 15) is 4.79 Å². The molecule has 1 fully saturated rings. The van der Waals surface area contributed by atoms with Crippen LogP contribution in [-0.4, -0.2) is 64.7 Å². The van der Waals surface area contributed by atoms with Crippen LogP contribution in [0, 0.1) is 5.92 Å². The molecule has 1 N–H and O–H groups in total. The van der Waals surface area contributed by atoms with E-state index in [1.165, 1.54) is 0 Å². The van der Waals surface area contributed by atoms with Crippen molar-refractivity contribution in [3.05, 3.63) is 47.8 Å². The van der Waals surface area contributed by atoms with Gasteiger partial charge >= 0.3 is 0 Å². The van der Waals surface area contributed by atoms with E-state index in [4.69, 9.17) is 4.74 Å². The Balaban J connectivity index is 1.55. The highest BCUT2D eigenvalue weighted by atomic mass is 16.5. The number of carbonyl (C=O) groups is 1. The van der Waals surface area contributed by atoms with Gasteiger partial charge in [-0.15, -0.1) is 5.10 Å². The number of nitrogens with one attached hydrogen (secondary N) is 1. The molecule has 0 bridgehead atoms. The number of nitrogens with zero attached hydrogens (tertiary/aromatic N) is 4. The Morgan fingerprint density at radius 1 is 1.22 bits per heavy atom. The van der Waals surface area contributed by atoms with Crippen LogP contribution in [-0.2, 0) is 11.3 Å². The minimum absolute atomic E-state index is 0.170. The predicted molar refractivity (Wildman–Crippen MR) is 104 cm³/mol. The van der Waals surface area contributed by atoms with Crippen molar-refractivity contribution in [1.29, 1.82) is 0 Å². The lowest BCUT2D eigenvalue weighted by atomic mass is 10.0. The molecular formula is C20H29N5O2. The van der Waals surface area contributed by atoms with Gasteiger partial charge in [0.25, 0.3) is 5.91 Å². The van der Waals surface area contributed by atoms with Gasteiger partial charge in [0, 0.05) is 25.7 Å². The molecule has 1 saturated heterocycles. The lowest BCUT2D eigenvalue weighted by molar-refractivity contribution is 0.0124. The van der Waals surface area contributed by atoms with E-state index in [1.54, 1.807) is 10.9 Å². The number of hydrogen-bond donors (Lipinski definition) is 1. The lowest BCUT2D eigenvalue weighted by Gasteiger charge is -2.35. The average molecular weight is 371 g/mol. The molecule has 7 nitrogen and oxygen atoms in total. The predicted octanol–water partition coefficient (Wildman–Crippen LogP) is 1.80. The number of aromatic nitrogens is 3. The first-order chi connectivity index (χ1) is 13.1. The van der Waals surface area contributed by atoms with E-state index in [1.807, 2.05) is 30.3 Å². The standard InChI is InChI=1S/C20H29N5O2/c1-16(2)12-18(24-8-10-27-11-9-24)13-21-20(26)19-15-25(23-22-19)14-17-6-4-3-5-7-17/h3-7,15-16,18H,8-14H2,1-2H3,(H,21,26). The highest BCUT2D eigenvalue weighted by Crippen LogP contribution is 2.13. The molecule has 27 heavy (non-hydrogen) atoms. The van der Waals surface area contributed by atoms with Gasteiger partial charge in [-0.3, -0.25) is 9.69 Å². The third kappa shape index (κ3) is 5.87. The van der Waals surface area contributed by atoms with Gasteiger partial charge in [-0.2, -0.15) is 0 Å². The SMILES string of the molecule is CC(C)CC(CNC(=O)c1cn(Cc2ccccc2)nn1)N1CCOCC1. The molecule has 1 unspecified atom stereocenters. The topological polar surface area (TPSA) is 72.3 Å². The van der Waals surface area contributed by atoms with Crippen LogP contribution in [0.15, 0.2) is 36.5 Å². The number of benzene rings is 1. The first-order valence-corrected chi connectivity index (χ1v) is 9.66. The van der Waals surface area contributed by atoms with Crippen molar-refractivity contribution in [2.45, 2.75) is 32.9 Å². The van der Waals surface area contributed by atoms with Crippen LogP contribution in [0.1, 0.15) is 36.3 Å². The minimum atomic E-state index is -0.170. The fourth-order valence-corrected chi connectivity index (χ4v) is 3.40. The number of hydrogen-bond acceptors (Lipinski definition) is 5. The Hall–Kier alpha value is -2.25. The second kappa shape index (κ2) is 9.62. The first-order valence-electron chi connectivity index (χ1n) is 9.66. The van der Waals surface area contributed by atoms with Gasteiger partial charge in [-0.25, -0.2) is 4.68 Å². The minimum Gasteiger partial charge on any atom is -0.379 e. The molecule has 1 aliphatic heterocycles. The fraction of sp³-hybridized carbons (Fsp3) is 0.550. The smallest absolute Gasteiger partial charge is 0.273 e.